The number of halogens is 2. The van der Waals surface area contributed by atoms with Crippen LogP contribution in [0.15, 0.2) is 18.2 Å². The van der Waals surface area contributed by atoms with Crippen molar-refractivity contribution in [2.24, 2.45) is 0 Å². The average molecular weight is 435 g/mol. The zero-order chi connectivity index (χ0) is 19.4. The molecule has 0 aliphatic heterocycles. The Labute approximate surface area is 162 Å². The lowest BCUT2D eigenvalue weighted by Crippen LogP contribution is -2.43. The van der Waals surface area contributed by atoms with Gasteiger partial charge in [-0.2, -0.15) is 0 Å². The number of hydrogen-bond donors (Lipinski definition) is 0. The predicted molar refractivity (Wildman–Crippen MR) is 102 cm³/mol. The molecule has 1 aromatic rings. The summed E-state index contributed by atoms with van der Waals surface area (Å²) in [5, 5.41) is 1.18. The Hall–Kier alpha value is -1.27. The van der Waals surface area contributed by atoms with Crippen LogP contribution in [0, 0.1) is 0 Å². The van der Waals surface area contributed by atoms with Gasteiger partial charge < -0.3 is 9.47 Å². The van der Waals surface area contributed by atoms with Gasteiger partial charge in [0.15, 0.2) is 0 Å². The molecule has 1 aromatic carbocycles. The van der Waals surface area contributed by atoms with Gasteiger partial charge in [0.2, 0.25) is 0 Å². The van der Waals surface area contributed by atoms with Gasteiger partial charge in [0.25, 0.3) is 0 Å². The number of ether oxygens (including phenoxy) is 2. The minimum atomic E-state index is -0.762. The zero-order valence-electron chi connectivity index (χ0n) is 15.5. The van der Waals surface area contributed by atoms with E-state index in [1.165, 1.54) is 0 Å². The molecule has 0 radical (unpaired) electrons. The van der Waals surface area contributed by atoms with E-state index >= 15 is 0 Å². The third-order valence-corrected chi connectivity index (χ3v) is 3.79. The van der Waals surface area contributed by atoms with E-state index in [0.29, 0.717) is 15.9 Å². The Balaban J connectivity index is 3.07. The average Bonchev–Trinajstić information content (AvgIpc) is 2.40. The lowest BCUT2D eigenvalue weighted by Gasteiger charge is -2.28. The highest BCUT2D eigenvalue weighted by Crippen LogP contribution is 2.23. The van der Waals surface area contributed by atoms with Gasteiger partial charge in [0.1, 0.15) is 11.2 Å². The van der Waals surface area contributed by atoms with Gasteiger partial charge >= 0.3 is 12.2 Å². The number of benzene rings is 1. The van der Waals surface area contributed by atoms with Gasteiger partial charge in [-0.1, -0.05) is 39.7 Å². The van der Waals surface area contributed by atoms with Crippen LogP contribution >= 0.6 is 27.5 Å². The van der Waals surface area contributed by atoms with E-state index in [1.807, 2.05) is 12.1 Å². The van der Waals surface area contributed by atoms with E-state index in [0.717, 1.165) is 10.5 Å². The van der Waals surface area contributed by atoms with Crippen LogP contribution in [0.1, 0.15) is 52.7 Å². The first-order chi connectivity index (χ1) is 11.3. The summed E-state index contributed by atoms with van der Waals surface area (Å²) < 4.78 is 10.7. The highest BCUT2D eigenvalue weighted by molar-refractivity contribution is 9.08. The van der Waals surface area contributed by atoms with Crippen molar-refractivity contribution < 1.29 is 19.1 Å². The summed E-state index contributed by atoms with van der Waals surface area (Å²) in [6.07, 6.45) is -1.52. The number of amides is 2. The molecule has 0 aliphatic rings. The largest absolute Gasteiger partial charge is 0.443 e. The van der Waals surface area contributed by atoms with E-state index in [4.69, 9.17) is 21.1 Å². The summed E-state index contributed by atoms with van der Waals surface area (Å²) in [5.41, 5.74) is 0.168. The monoisotopic (exact) mass is 433 g/mol. The van der Waals surface area contributed by atoms with Crippen molar-refractivity contribution in [2.45, 2.75) is 64.6 Å². The SMILES string of the molecule is CC(C)(C)OC(=O)N(Cc1ccc(CBr)c(Cl)c1)C(=O)OC(C)(C)C. The van der Waals surface area contributed by atoms with Crippen molar-refractivity contribution in [3.63, 3.8) is 0 Å². The third-order valence-electron chi connectivity index (χ3n) is 2.83. The smallest absolute Gasteiger partial charge is 0.420 e. The first-order valence-corrected chi connectivity index (χ1v) is 9.39. The number of carbonyl (C=O) groups is 2. The second-order valence-electron chi connectivity index (χ2n) is 7.61. The number of nitrogens with zero attached hydrogens (tertiary/aromatic N) is 1. The molecule has 0 N–H and O–H groups in total. The molecule has 1 rings (SSSR count). The number of hydrogen-bond acceptors (Lipinski definition) is 4. The Morgan fingerprint density at radius 2 is 1.52 bits per heavy atom. The van der Waals surface area contributed by atoms with Gasteiger partial charge in [0.05, 0.1) is 6.54 Å². The summed E-state index contributed by atoms with van der Waals surface area (Å²) in [5.74, 6) is 0. The van der Waals surface area contributed by atoms with Gasteiger partial charge in [-0.05, 0) is 58.7 Å². The number of alkyl halides is 1. The molecule has 0 spiro atoms. The Morgan fingerprint density at radius 3 is 1.88 bits per heavy atom. The molecule has 7 heteroatoms. The van der Waals surface area contributed by atoms with E-state index < -0.39 is 23.4 Å². The predicted octanol–water partition coefficient (Wildman–Crippen LogP) is 5.91. The lowest BCUT2D eigenvalue weighted by molar-refractivity contribution is -0.000244. The van der Waals surface area contributed by atoms with Crippen LogP contribution in [0.4, 0.5) is 9.59 Å². The molecular weight excluding hydrogens is 410 g/mol. The van der Waals surface area contributed by atoms with Crippen LogP contribution < -0.4 is 0 Å². The maximum absolute atomic E-state index is 12.5. The molecular formula is C18H25BrClNO4. The molecule has 0 fully saturated rings. The number of carbonyl (C=O) groups excluding carboxylic acids is 2. The van der Waals surface area contributed by atoms with Crippen LogP contribution in [0.5, 0.6) is 0 Å². The van der Waals surface area contributed by atoms with Gasteiger partial charge in [0, 0.05) is 10.4 Å². The fraction of sp³-hybridized carbons (Fsp3) is 0.556. The molecule has 25 heavy (non-hydrogen) atoms. The standard InChI is InChI=1S/C18H25BrClNO4/c1-17(2,3)24-15(22)21(16(23)25-18(4,5)6)11-12-7-8-13(10-19)14(20)9-12/h7-9H,10-11H2,1-6H3. The maximum Gasteiger partial charge on any atom is 0.420 e. The van der Waals surface area contributed by atoms with E-state index in [1.54, 1.807) is 47.6 Å². The van der Waals surface area contributed by atoms with Crippen molar-refractivity contribution in [3.05, 3.63) is 34.3 Å². The van der Waals surface area contributed by atoms with E-state index in [9.17, 15) is 9.59 Å². The lowest BCUT2D eigenvalue weighted by atomic mass is 10.1. The first kappa shape index (κ1) is 21.8. The van der Waals surface area contributed by atoms with Crippen molar-refractivity contribution in [1.29, 1.82) is 0 Å². The molecule has 0 aromatic heterocycles. The van der Waals surface area contributed by atoms with Crippen molar-refractivity contribution in [2.75, 3.05) is 0 Å². The van der Waals surface area contributed by atoms with Gasteiger partial charge in [-0.25, -0.2) is 14.5 Å². The van der Waals surface area contributed by atoms with Crippen LogP contribution in [0.25, 0.3) is 0 Å². The number of imide groups is 1. The molecule has 5 nitrogen and oxygen atoms in total. The third kappa shape index (κ3) is 7.65. The van der Waals surface area contributed by atoms with Crippen molar-refractivity contribution in [1.82, 2.24) is 4.90 Å². The molecule has 0 saturated carbocycles. The Morgan fingerprint density at radius 1 is 1.04 bits per heavy atom. The van der Waals surface area contributed by atoms with Crippen LogP contribution in [0.3, 0.4) is 0 Å². The minimum absolute atomic E-state index is 0.00606. The molecule has 0 heterocycles. The molecule has 0 atom stereocenters. The topological polar surface area (TPSA) is 55.8 Å². The number of rotatable bonds is 3. The first-order valence-electron chi connectivity index (χ1n) is 7.89. The molecule has 0 saturated heterocycles. The van der Waals surface area contributed by atoms with E-state index in [-0.39, 0.29) is 6.54 Å². The van der Waals surface area contributed by atoms with Crippen LogP contribution in [-0.2, 0) is 21.3 Å². The minimum Gasteiger partial charge on any atom is -0.443 e. The highest BCUT2D eigenvalue weighted by atomic mass is 79.9. The highest BCUT2D eigenvalue weighted by Gasteiger charge is 2.31. The summed E-state index contributed by atoms with van der Waals surface area (Å²) >= 11 is 9.56. The molecule has 0 aliphatic carbocycles. The molecule has 140 valence electrons. The van der Waals surface area contributed by atoms with Gasteiger partial charge in [-0.3, -0.25) is 0 Å². The molecule has 2 amide bonds. The molecule has 0 unspecified atom stereocenters. The molecule has 0 bridgehead atoms. The van der Waals surface area contributed by atoms with Gasteiger partial charge in [-0.15, -0.1) is 0 Å². The van der Waals surface area contributed by atoms with Crippen LogP contribution in [0.2, 0.25) is 5.02 Å². The van der Waals surface area contributed by atoms with Crippen molar-refractivity contribution >= 4 is 39.7 Å². The fourth-order valence-electron chi connectivity index (χ4n) is 1.82. The maximum atomic E-state index is 12.5. The normalized spacial score (nSPS) is 11.8. The fourth-order valence-corrected chi connectivity index (χ4v) is 2.74. The quantitative estimate of drug-likeness (QED) is 0.555. The van der Waals surface area contributed by atoms with Crippen LogP contribution in [-0.4, -0.2) is 28.3 Å². The summed E-state index contributed by atoms with van der Waals surface area (Å²) in [6.45, 7) is 10.4. The Kier molecular flexibility index (Phi) is 7.32. The summed E-state index contributed by atoms with van der Waals surface area (Å²) in [6, 6.07) is 5.37. The summed E-state index contributed by atoms with van der Waals surface area (Å²) in [7, 11) is 0. The second kappa shape index (κ2) is 8.41. The summed E-state index contributed by atoms with van der Waals surface area (Å²) in [4.78, 5) is 25.9. The Bertz CT molecular complexity index is 607. The van der Waals surface area contributed by atoms with E-state index in [2.05, 4.69) is 15.9 Å². The zero-order valence-corrected chi connectivity index (χ0v) is 17.8. The van der Waals surface area contributed by atoms with Crippen molar-refractivity contribution in [3.8, 4) is 0 Å². The second-order valence-corrected chi connectivity index (χ2v) is 8.57.